The Morgan fingerprint density at radius 2 is 1.78 bits per heavy atom. The molecule has 1 atom stereocenters. The van der Waals surface area contributed by atoms with Crippen LogP contribution in [-0.2, 0) is 17.9 Å². The van der Waals surface area contributed by atoms with Crippen LogP contribution in [-0.4, -0.2) is 24.5 Å². The molecule has 0 spiro atoms. The van der Waals surface area contributed by atoms with Gasteiger partial charge >= 0.3 is 4.34 Å². The molecular weight excluding hydrogens is 440 g/mol. The Morgan fingerprint density at radius 3 is 2.53 bits per heavy atom. The number of hydrogen-bond acceptors (Lipinski definition) is 8. The first-order chi connectivity index (χ1) is 15.7. The molecule has 0 saturated carbocycles. The second kappa shape index (κ2) is 9.01. The largest absolute Gasteiger partial charge is 0.591 e. The van der Waals surface area contributed by atoms with Crippen molar-refractivity contribution in [2.45, 2.75) is 10.9 Å². The molecule has 0 aliphatic carbocycles. The van der Waals surface area contributed by atoms with Gasteiger partial charge in [-0.15, -0.1) is 5.14 Å². The van der Waals surface area contributed by atoms with E-state index in [1.165, 1.54) is 11.3 Å². The van der Waals surface area contributed by atoms with Crippen LogP contribution in [0.2, 0.25) is 0 Å². The van der Waals surface area contributed by atoms with Crippen molar-refractivity contribution >= 4 is 39.4 Å². The van der Waals surface area contributed by atoms with Gasteiger partial charge in [-0.05, 0) is 29.3 Å². The van der Waals surface area contributed by atoms with Crippen LogP contribution in [0.1, 0.15) is 5.69 Å². The molecule has 0 fully saturated rings. The van der Waals surface area contributed by atoms with E-state index >= 15 is 0 Å². The highest BCUT2D eigenvalue weighted by Crippen LogP contribution is 2.34. The third kappa shape index (κ3) is 4.19. The number of aromatic nitrogens is 4. The smallest absolute Gasteiger partial charge is 0.323 e. The molecule has 0 saturated heterocycles. The van der Waals surface area contributed by atoms with Crippen molar-refractivity contribution in [1.82, 2.24) is 19.9 Å². The van der Waals surface area contributed by atoms with Crippen molar-refractivity contribution in [2.75, 3.05) is 5.32 Å². The Labute approximate surface area is 191 Å². The summed E-state index contributed by atoms with van der Waals surface area (Å²) < 4.78 is 11.9. The lowest BCUT2D eigenvalue weighted by Crippen LogP contribution is -2.11. The number of pyridine rings is 1. The fourth-order valence-corrected chi connectivity index (χ4v) is 4.65. The highest BCUT2D eigenvalue weighted by Gasteiger charge is 2.18. The molecule has 3 N–H and O–H groups in total. The summed E-state index contributed by atoms with van der Waals surface area (Å²) in [6.45, 7) is 0.505. The van der Waals surface area contributed by atoms with Crippen LogP contribution in [0.25, 0.3) is 33.5 Å². The number of anilines is 1. The predicted octanol–water partition coefficient (Wildman–Crippen LogP) is 4.41. The number of thiazole rings is 1. The summed E-state index contributed by atoms with van der Waals surface area (Å²) in [5, 5.41) is 11.6. The zero-order valence-corrected chi connectivity index (χ0v) is 18.4. The molecule has 5 rings (SSSR count). The van der Waals surface area contributed by atoms with Crippen LogP contribution < -0.4 is 10.5 Å². The Morgan fingerprint density at radius 1 is 0.938 bits per heavy atom. The van der Waals surface area contributed by atoms with Gasteiger partial charge < -0.3 is 9.87 Å². The molecule has 158 valence electrons. The average Bonchev–Trinajstić information content (AvgIpc) is 3.34. The molecule has 0 aliphatic heterocycles. The standard InChI is InChI=1S/C23H18N6OS2/c24-32(30)23-28-19(14-31-23)21-27-18-11-6-10-17(15-7-2-1-3-8-15)20(18)22(29-21)26-13-16-9-4-5-12-25-16/h1-12,14H,13,24H2,(H,26,27,29). The first-order valence-electron chi connectivity index (χ1n) is 9.81. The average molecular weight is 459 g/mol. The maximum atomic E-state index is 11.6. The summed E-state index contributed by atoms with van der Waals surface area (Å²) in [4.78, 5) is 18.3. The summed E-state index contributed by atoms with van der Waals surface area (Å²) in [7, 11) is 0. The van der Waals surface area contributed by atoms with Crippen molar-refractivity contribution in [3.05, 3.63) is 84.0 Å². The second-order valence-corrected chi connectivity index (χ2v) is 9.03. The molecule has 0 radical (unpaired) electrons. The lowest BCUT2D eigenvalue weighted by molar-refractivity contribution is 0.596. The fourth-order valence-electron chi connectivity index (χ4n) is 3.41. The zero-order chi connectivity index (χ0) is 21.9. The van der Waals surface area contributed by atoms with E-state index in [2.05, 4.69) is 33.5 Å². The van der Waals surface area contributed by atoms with Gasteiger partial charge in [0, 0.05) is 11.6 Å². The quantitative estimate of drug-likeness (QED) is 0.362. The van der Waals surface area contributed by atoms with Crippen LogP contribution >= 0.6 is 11.3 Å². The van der Waals surface area contributed by atoms with Gasteiger partial charge in [-0.1, -0.05) is 59.9 Å². The third-order valence-electron chi connectivity index (χ3n) is 4.86. The van der Waals surface area contributed by atoms with Gasteiger partial charge in [-0.2, -0.15) is 4.98 Å². The Hall–Kier alpha value is -3.37. The minimum Gasteiger partial charge on any atom is -0.591 e. The number of benzene rings is 2. The second-order valence-electron chi connectivity index (χ2n) is 6.93. The molecule has 32 heavy (non-hydrogen) atoms. The molecule has 0 aliphatic rings. The highest BCUT2D eigenvalue weighted by molar-refractivity contribution is 7.91. The minimum atomic E-state index is -1.64. The normalized spacial score (nSPS) is 12.1. The van der Waals surface area contributed by atoms with Crippen molar-refractivity contribution in [3.8, 4) is 22.6 Å². The molecule has 2 aromatic carbocycles. The number of nitrogens with zero attached hydrogens (tertiary/aromatic N) is 4. The van der Waals surface area contributed by atoms with Crippen LogP contribution in [0.3, 0.4) is 0 Å². The molecule has 0 amide bonds. The lowest BCUT2D eigenvalue weighted by atomic mass is 10.0. The van der Waals surface area contributed by atoms with Gasteiger partial charge in [0.25, 0.3) is 0 Å². The molecule has 3 heterocycles. The van der Waals surface area contributed by atoms with Crippen molar-refractivity contribution in [3.63, 3.8) is 0 Å². The zero-order valence-electron chi connectivity index (χ0n) is 16.8. The maximum absolute atomic E-state index is 11.6. The molecule has 9 heteroatoms. The number of nitrogens with two attached hydrogens (primary N) is 1. The van der Waals surface area contributed by atoms with Gasteiger partial charge in [-0.3, -0.25) is 4.98 Å². The fraction of sp³-hybridized carbons (Fsp3) is 0.0435. The van der Waals surface area contributed by atoms with Crippen LogP contribution in [0.5, 0.6) is 0 Å². The van der Waals surface area contributed by atoms with Crippen molar-refractivity contribution in [1.29, 1.82) is 0 Å². The van der Waals surface area contributed by atoms with E-state index in [0.717, 1.165) is 27.7 Å². The van der Waals surface area contributed by atoms with E-state index in [0.29, 0.717) is 28.2 Å². The third-order valence-corrected chi connectivity index (χ3v) is 6.71. The summed E-state index contributed by atoms with van der Waals surface area (Å²) in [5.74, 6) is 1.12. The lowest BCUT2D eigenvalue weighted by Gasteiger charge is -2.14. The van der Waals surface area contributed by atoms with Gasteiger partial charge in [0.1, 0.15) is 22.9 Å². The Kier molecular flexibility index (Phi) is 5.78. The number of hydrogen-bond donors (Lipinski definition) is 2. The number of rotatable bonds is 6. The topological polar surface area (TPSA) is 113 Å². The van der Waals surface area contributed by atoms with Gasteiger partial charge in [0.05, 0.1) is 23.1 Å². The van der Waals surface area contributed by atoms with E-state index in [9.17, 15) is 4.55 Å². The van der Waals surface area contributed by atoms with Crippen molar-refractivity contribution < 1.29 is 4.55 Å². The summed E-state index contributed by atoms with van der Waals surface area (Å²) in [6.07, 6.45) is 1.76. The maximum Gasteiger partial charge on any atom is 0.323 e. The van der Waals surface area contributed by atoms with E-state index in [1.807, 2.05) is 48.5 Å². The van der Waals surface area contributed by atoms with Gasteiger partial charge in [-0.25, -0.2) is 9.97 Å². The van der Waals surface area contributed by atoms with Crippen LogP contribution in [0.15, 0.2) is 82.6 Å². The SMILES string of the molecule is N[S+]([O-])c1nc(-c2nc(NCc3ccccn3)c3c(-c4ccccc4)cccc3n2)cs1. The first kappa shape index (κ1) is 20.5. The first-order valence-corrected chi connectivity index (χ1v) is 11.9. The highest BCUT2D eigenvalue weighted by atomic mass is 32.2. The minimum absolute atomic E-state index is 0.338. The van der Waals surface area contributed by atoms with Crippen LogP contribution in [0, 0.1) is 0 Å². The number of fused-ring (bicyclic) bond motifs is 1. The van der Waals surface area contributed by atoms with E-state index < -0.39 is 11.4 Å². The van der Waals surface area contributed by atoms with Gasteiger partial charge in [0.15, 0.2) is 5.82 Å². The van der Waals surface area contributed by atoms with E-state index in [-0.39, 0.29) is 0 Å². The van der Waals surface area contributed by atoms with Crippen molar-refractivity contribution in [2.24, 2.45) is 5.14 Å². The van der Waals surface area contributed by atoms with Crippen LogP contribution in [0.4, 0.5) is 5.82 Å². The monoisotopic (exact) mass is 458 g/mol. The van der Waals surface area contributed by atoms with E-state index in [4.69, 9.17) is 15.1 Å². The number of nitrogens with one attached hydrogen (secondary N) is 1. The summed E-state index contributed by atoms with van der Waals surface area (Å²) in [6, 6.07) is 21.9. The Balaban J connectivity index is 1.66. The van der Waals surface area contributed by atoms with Gasteiger partial charge in [0.2, 0.25) is 0 Å². The summed E-state index contributed by atoms with van der Waals surface area (Å²) in [5.41, 5.74) is 4.32. The summed E-state index contributed by atoms with van der Waals surface area (Å²) >= 11 is -0.416. The molecule has 7 nitrogen and oxygen atoms in total. The molecule has 3 aromatic heterocycles. The molecule has 1 unspecified atom stereocenters. The predicted molar refractivity (Wildman–Crippen MR) is 128 cm³/mol. The van der Waals surface area contributed by atoms with E-state index in [1.54, 1.807) is 11.6 Å². The molecule has 0 bridgehead atoms. The molecule has 5 aromatic rings. The molecular formula is C23H18N6OS2. The Bertz CT molecular complexity index is 1360.